The molecule has 1 aromatic rings. The molecule has 0 aromatic heterocycles. The minimum atomic E-state index is -0.432. The lowest BCUT2D eigenvalue weighted by atomic mass is 10.3. The van der Waals surface area contributed by atoms with Gasteiger partial charge in [-0.1, -0.05) is 11.6 Å². The highest BCUT2D eigenvalue weighted by Gasteiger charge is 2.00. The molecule has 12 heavy (non-hydrogen) atoms. The van der Waals surface area contributed by atoms with E-state index >= 15 is 0 Å². The number of thioether (sulfide) groups is 1. The number of halogens is 2. The van der Waals surface area contributed by atoms with E-state index in [0.29, 0.717) is 5.75 Å². The van der Waals surface area contributed by atoms with Gasteiger partial charge in [0, 0.05) is 4.90 Å². The topological polar surface area (TPSA) is 23.8 Å². The lowest BCUT2D eigenvalue weighted by molar-refractivity contribution is 0.627. The molecule has 0 heterocycles. The second kappa shape index (κ2) is 4.34. The van der Waals surface area contributed by atoms with Gasteiger partial charge in [-0.15, -0.1) is 11.8 Å². The maximum absolute atomic E-state index is 12.6. The van der Waals surface area contributed by atoms with Crippen LogP contribution in [-0.2, 0) is 0 Å². The van der Waals surface area contributed by atoms with E-state index in [1.165, 1.54) is 23.9 Å². The van der Waals surface area contributed by atoms with Crippen LogP contribution in [0.1, 0.15) is 0 Å². The first-order valence-corrected chi connectivity index (χ1v) is 4.55. The third kappa shape index (κ3) is 2.40. The Morgan fingerprint density at radius 2 is 2.33 bits per heavy atom. The van der Waals surface area contributed by atoms with E-state index in [1.54, 1.807) is 6.07 Å². The Bertz CT molecular complexity index is 321. The van der Waals surface area contributed by atoms with Crippen LogP contribution in [0.15, 0.2) is 23.1 Å². The van der Waals surface area contributed by atoms with Crippen molar-refractivity contribution >= 4 is 23.4 Å². The number of hydrogen-bond acceptors (Lipinski definition) is 2. The molecule has 0 aliphatic heterocycles. The molecule has 0 radical (unpaired) electrons. The van der Waals surface area contributed by atoms with E-state index in [1.807, 2.05) is 6.07 Å². The van der Waals surface area contributed by atoms with E-state index < -0.39 is 5.82 Å². The van der Waals surface area contributed by atoms with Crippen LogP contribution in [-0.4, -0.2) is 5.75 Å². The van der Waals surface area contributed by atoms with Gasteiger partial charge < -0.3 is 0 Å². The Morgan fingerprint density at radius 3 is 2.92 bits per heavy atom. The monoisotopic (exact) mass is 201 g/mol. The Hall–Kier alpha value is -0.720. The fourth-order valence-electron chi connectivity index (χ4n) is 0.682. The van der Waals surface area contributed by atoms with Gasteiger partial charge in [0.1, 0.15) is 5.82 Å². The van der Waals surface area contributed by atoms with Gasteiger partial charge in [0.25, 0.3) is 0 Å². The molecule has 0 aliphatic carbocycles. The molecular weight excluding hydrogens is 197 g/mol. The van der Waals surface area contributed by atoms with E-state index in [-0.39, 0.29) is 5.02 Å². The maximum atomic E-state index is 12.6. The second-order valence-corrected chi connectivity index (χ2v) is 3.48. The van der Waals surface area contributed by atoms with Crippen LogP contribution in [0.3, 0.4) is 0 Å². The maximum Gasteiger partial charge on any atom is 0.141 e. The summed E-state index contributed by atoms with van der Waals surface area (Å²) in [5.74, 6) is -0.0833. The molecule has 0 bridgehead atoms. The van der Waals surface area contributed by atoms with Crippen LogP contribution in [0.4, 0.5) is 4.39 Å². The molecule has 1 rings (SSSR count). The Kier molecular flexibility index (Phi) is 3.39. The van der Waals surface area contributed by atoms with Gasteiger partial charge in [-0.05, 0) is 18.2 Å². The lowest BCUT2D eigenvalue weighted by Crippen LogP contribution is -1.78. The zero-order valence-electron chi connectivity index (χ0n) is 6.05. The third-order valence-electron chi connectivity index (χ3n) is 1.19. The minimum absolute atomic E-state index is 0.0953. The third-order valence-corrected chi connectivity index (χ3v) is 2.34. The largest absolute Gasteiger partial charge is 0.205 e. The Balaban J connectivity index is 2.77. The van der Waals surface area contributed by atoms with E-state index in [2.05, 4.69) is 0 Å². The number of nitriles is 1. The first kappa shape index (κ1) is 9.37. The minimum Gasteiger partial charge on any atom is -0.205 e. The molecule has 1 aromatic carbocycles. The van der Waals surface area contributed by atoms with E-state index in [0.717, 1.165) is 4.90 Å². The quantitative estimate of drug-likeness (QED) is 0.687. The molecule has 0 spiro atoms. The highest BCUT2D eigenvalue weighted by molar-refractivity contribution is 7.99. The molecule has 62 valence electrons. The second-order valence-electron chi connectivity index (χ2n) is 2.02. The normalized spacial score (nSPS) is 9.42. The average molecular weight is 202 g/mol. The van der Waals surface area contributed by atoms with Crippen molar-refractivity contribution in [2.24, 2.45) is 0 Å². The van der Waals surface area contributed by atoms with E-state index in [9.17, 15) is 4.39 Å². The van der Waals surface area contributed by atoms with Gasteiger partial charge in [-0.2, -0.15) is 5.26 Å². The van der Waals surface area contributed by atoms with E-state index in [4.69, 9.17) is 16.9 Å². The molecule has 0 saturated heterocycles. The van der Waals surface area contributed by atoms with Gasteiger partial charge >= 0.3 is 0 Å². The summed E-state index contributed by atoms with van der Waals surface area (Å²) in [5.41, 5.74) is 0. The molecule has 1 nitrogen and oxygen atoms in total. The van der Waals surface area contributed by atoms with Crippen LogP contribution < -0.4 is 0 Å². The van der Waals surface area contributed by atoms with Gasteiger partial charge in [0.2, 0.25) is 0 Å². The molecule has 0 fully saturated rings. The molecule has 0 saturated carbocycles. The predicted octanol–water partition coefficient (Wildman–Crippen LogP) is 3.09. The zero-order chi connectivity index (χ0) is 8.97. The smallest absolute Gasteiger partial charge is 0.141 e. The molecule has 0 atom stereocenters. The van der Waals surface area contributed by atoms with Gasteiger partial charge in [-0.25, -0.2) is 4.39 Å². The van der Waals surface area contributed by atoms with Crippen molar-refractivity contribution in [1.82, 2.24) is 0 Å². The van der Waals surface area contributed by atoms with Crippen molar-refractivity contribution in [2.45, 2.75) is 4.90 Å². The predicted molar refractivity (Wildman–Crippen MR) is 47.7 cm³/mol. The highest BCUT2D eigenvalue weighted by Crippen LogP contribution is 2.23. The molecule has 0 aliphatic rings. The van der Waals surface area contributed by atoms with Crippen molar-refractivity contribution in [3.8, 4) is 6.07 Å². The van der Waals surface area contributed by atoms with Crippen molar-refractivity contribution in [3.63, 3.8) is 0 Å². The van der Waals surface area contributed by atoms with Crippen LogP contribution in [0.2, 0.25) is 5.02 Å². The fraction of sp³-hybridized carbons (Fsp3) is 0.125. The summed E-state index contributed by atoms with van der Waals surface area (Å²) in [4.78, 5) is 0.808. The number of hydrogen-bond donors (Lipinski definition) is 0. The summed E-state index contributed by atoms with van der Waals surface area (Å²) in [6.07, 6.45) is 0. The van der Waals surface area contributed by atoms with Crippen molar-refractivity contribution in [2.75, 3.05) is 5.75 Å². The van der Waals surface area contributed by atoms with Gasteiger partial charge in [0.05, 0.1) is 16.8 Å². The van der Waals surface area contributed by atoms with Crippen LogP contribution in [0.25, 0.3) is 0 Å². The van der Waals surface area contributed by atoms with Gasteiger partial charge in [-0.3, -0.25) is 0 Å². The summed E-state index contributed by atoms with van der Waals surface area (Å²) >= 11 is 6.85. The van der Waals surface area contributed by atoms with Crippen molar-refractivity contribution < 1.29 is 4.39 Å². The first-order chi connectivity index (χ1) is 5.74. The molecule has 0 unspecified atom stereocenters. The zero-order valence-corrected chi connectivity index (χ0v) is 7.62. The summed E-state index contributed by atoms with van der Waals surface area (Å²) in [7, 11) is 0. The standard InChI is InChI=1S/C8H5ClFNS/c9-7-5-6(12-4-3-11)1-2-8(7)10/h1-2,5H,4H2. The van der Waals surface area contributed by atoms with Crippen molar-refractivity contribution in [3.05, 3.63) is 29.0 Å². The lowest BCUT2D eigenvalue weighted by Gasteiger charge is -1.97. The molecule has 0 amide bonds. The van der Waals surface area contributed by atoms with Crippen LogP contribution >= 0.6 is 23.4 Å². The molecule has 0 N–H and O–H groups in total. The fourth-order valence-corrected chi connectivity index (χ4v) is 1.52. The summed E-state index contributed by atoms with van der Waals surface area (Å²) in [6.45, 7) is 0. The average Bonchev–Trinajstić information content (AvgIpc) is 2.07. The highest BCUT2D eigenvalue weighted by atomic mass is 35.5. The summed E-state index contributed by atoms with van der Waals surface area (Å²) < 4.78 is 12.6. The van der Waals surface area contributed by atoms with Crippen molar-refractivity contribution in [1.29, 1.82) is 5.26 Å². The Morgan fingerprint density at radius 1 is 1.58 bits per heavy atom. The SMILES string of the molecule is N#CCSc1ccc(F)c(Cl)c1. The Labute approximate surface area is 79.1 Å². The number of rotatable bonds is 2. The summed E-state index contributed by atoms with van der Waals surface area (Å²) in [5, 5.41) is 8.37. The molecule has 4 heteroatoms. The first-order valence-electron chi connectivity index (χ1n) is 3.19. The van der Waals surface area contributed by atoms with Crippen LogP contribution in [0.5, 0.6) is 0 Å². The van der Waals surface area contributed by atoms with Gasteiger partial charge in [0.15, 0.2) is 0 Å². The number of benzene rings is 1. The summed E-state index contributed by atoms with van der Waals surface area (Å²) in [6, 6.07) is 6.38. The molecular formula is C8H5ClFNS. The van der Waals surface area contributed by atoms with Crippen LogP contribution in [0, 0.1) is 17.1 Å². The number of nitrogens with zero attached hydrogens (tertiary/aromatic N) is 1.